The van der Waals surface area contributed by atoms with Gasteiger partial charge in [0.25, 0.3) is 0 Å². The van der Waals surface area contributed by atoms with Gasteiger partial charge in [-0.05, 0) is 36.0 Å². The van der Waals surface area contributed by atoms with Gasteiger partial charge in [-0.1, -0.05) is 54.6 Å². The molecule has 26 heavy (non-hydrogen) atoms. The van der Waals surface area contributed by atoms with Crippen LogP contribution in [0.3, 0.4) is 0 Å². The van der Waals surface area contributed by atoms with Gasteiger partial charge in [0, 0.05) is 13.2 Å². The van der Waals surface area contributed by atoms with Crippen molar-refractivity contribution >= 4 is 6.09 Å². The van der Waals surface area contributed by atoms with Crippen molar-refractivity contribution in [1.29, 1.82) is 0 Å². The van der Waals surface area contributed by atoms with Gasteiger partial charge >= 0.3 is 6.09 Å². The van der Waals surface area contributed by atoms with E-state index in [2.05, 4.69) is 5.32 Å². The summed E-state index contributed by atoms with van der Waals surface area (Å²) in [7, 11) is 0. The minimum Gasteiger partial charge on any atom is -0.445 e. The van der Waals surface area contributed by atoms with Crippen LogP contribution < -0.4 is 5.32 Å². The van der Waals surface area contributed by atoms with Crippen LogP contribution >= 0.6 is 0 Å². The van der Waals surface area contributed by atoms with Crippen LogP contribution in [0.25, 0.3) is 0 Å². The lowest BCUT2D eigenvalue weighted by Gasteiger charge is -2.22. The van der Waals surface area contributed by atoms with Crippen molar-refractivity contribution in [3.05, 3.63) is 71.3 Å². The van der Waals surface area contributed by atoms with Gasteiger partial charge in [-0.25, -0.2) is 4.79 Å². The van der Waals surface area contributed by atoms with Crippen LogP contribution in [0.15, 0.2) is 54.6 Å². The summed E-state index contributed by atoms with van der Waals surface area (Å²) in [6, 6.07) is 17.6. The van der Waals surface area contributed by atoms with Crippen molar-refractivity contribution in [2.24, 2.45) is 0 Å². The number of carbonyl (C=O) groups excluding carboxylic acids is 1. The number of ether oxygens (including phenoxy) is 3. The lowest BCUT2D eigenvalue weighted by atomic mass is 10.1. The molecule has 0 aromatic heterocycles. The molecular weight excluding hydrogens is 330 g/mol. The van der Waals surface area contributed by atoms with Crippen LogP contribution in [0.1, 0.15) is 36.0 Å². The molecule has 0 bridgehead atoms. The maximum absolute atomic E-state index is 11.8. The molecule has 138 valence electrons. The van der Waals surface area contributed by atoms with E-state index < -0.39 is 6.09 Å². The smallest absolute Gasteiger partial charge is 0.407 e. The second-order valence-corrected chi connectivity index (χ2v) is 6.34. The van der Waals surface area contributed by atoms with Crippen molar-refractivity contribution in [1.82, 2.24) is 5.32 Å². The van der Waals surface area contributed by atoms with Crippen LogP contribution in [0.2, 0.25) is 0 Å². The monoisotopic (exact) mass is 355 g/mol. The number of hydrogen-bond donors (Lipinski definition) is 1. The van der Waals surface area contributed by atoms with E-state index in [0.717, 1.165) is 42.6 Å². The van der Waals surface area contributed by atoms with Crippen molar-refractivity contribution in [2.75, 3.05) is 6.61 Å². The van der Waals surface area contributed by atoms with Crippen molar-refractivity contribution in [2.45, 2.75) is 45.3 Å². The van der Waals surface area contributed by atoms with E-state index in [4.69, 9.17) is 14.2 Å². The highest BCUT2D eigenvalue weighted by atomic mass is 16.7. The third kappa shape index (κ3) is 6.17. The fourth-order valence-electron chi connectivity index (χ4n) is 2.73. The lowest BCUT2D eigenvalue weighted by Crippen LogP contribution is -2.23. The molecule has 1 heterocycles. The maximum Gasteiger partial charge on any atom is 0.407 e. The van der Waals surface area contributed by atoms with E-state index in [1.807, 2.05) is 54.6 Å². The first-order valence-electron chi connectivity index (χ1n) is 9.05. The number of carbonyl (C=O) groups is 1. The number of alkyl carbamates (subject to hydrolysis) is 1. The molecule has 1 unspecified atom stereocenters. The molecule has 5 heteroatoms. The molecule has 0 aliphatic carbocycles. The predicted octanol–water partition coefficient (Wildman–Crippen LogP) is 4.16. The van der Waals surface area contributed by atoms with Gasteiger partial charge in [0.2, 0.25) is 0 Å². The van der Waals surface area contributed by atoms with E-state index in [-0.39, 0.29) is 12.9 Å². The highest BCUT2D eigenvalue weighted by Crippen LogP contribution is 2.16. The van der Waals surface area contributed by atoms with Crippen molar-refractivity contribution < 1.29 is 19.0 Å². The molecule has 0 saturated carbocycles. The lowest BCUT2D eigenvalue weighted by molar-refractivity contribution is -0.168. The van der Waals surface area contributed by atoms with Crippen molar-refractivity contribution in [3.8, 4) is 0 Å². The number of benzene rings is 2. The summed E-state index contributed by atoms with van der Waals surface area (Å²) in [4.78, 5) is 11.8. The third-order valence-corrected chi connectivity index (χ3v) is 4.25. The van der Waals surface area contributed by atoms with E-state index in [1.54, 1.807) is 0 Å². The topological polar surface area (TPSA) is 56.8 Å². The van der Waals surface area contributed by atoms with Gasteiger partial charge < -0.3 is 19.5 Å². The molecule has 1 atom stereocenters. The summed E-state index contributed by atoms with van der Waals surface area (Å²) in [5.41, 5.74) is 3.07. The SMILES string of the molecule is O=C(NCc1ccc(COC2CCCCO2)cc1)OCc1ccccc1. The highest BCUT2D eigenvalue weighted by molar-refractivity contribution is 5.67. The Morgan fingerprint density at radius 3 is 2.42 bits per heavy atom. The van der Waals surface area contributed by atoms with Gasteiger partial charge in [0.15, 0.2) is 6.29 Å². The van der Waals surface area contributed by atoms with Crippen molar-refractivity contribution in [3.63, 3.8) is 0 Å². The largest absolute Gasteiger partial charge is 0.445 e. The fourth-order valence-corrected chi connectivity index (χ4v) is 2.73. The second-order valence-electron chi connectivity index (χ2n) is 6.34. The number of nitrogens with one attached hydrogen (secondary N) is 1. The zero-order chi connectivity index (χ0) is 18.0. The van der Waals surface area contributed by atoms with Gasteiger partial charge in [-0.15, -0.1) is 0 Å². The van der Waals surface area contributed by atoms with Gasteiger partial charge in [0.05, 0.1) is 6.61 Å². The molecule has 1 amide bonds. The third-order valence-electron chi connectivity index (χ3n) is 4.25. The average Bonchev–Trinajstić information content (AvgIpc) is 2.71. The number of rotatable bonds is 7. The Kier molecular flexibility index (Phi) is 7.05. The van der Waals surface area contributed by atoms with E-state index in [1.165, 1.54) is 0 Å². The zero-order valence-electron chi connectivity index (χ0n) is 14.9. The second kappa shape index (κ2) is 9.94. The van der Waals surface area contributed by atoms with E-state index in [9.17, 15) is 4.79 Å². The Morgan fingerprint density at radius 2 is 1.69 bits per heavy atom. The predicted molar refractivity (Wildman–Crippen MR) is 98.3 cm³/mol. The normalized spacial score (nSPS) is 16.8. The summed E-state index contributed by atoms with van der Waals surface area (Å²) in [6.07, 6.45) is 2.75. The van der Waals surface area contributed by atoms with Gasteiger partial charge in [-0.3, -0.25) is 0 Å². The van der Waals surface area contributed by atoms with Crippen LogP contribution in [0, 0.1) is 0 Å². The quantitative estimate of drug-likeness (QED) is 0.810. The summed E-state index contributed by atoms with van der Waals surface area (Å²) in [5, 5.41) is 2.76. The molecular formula is C21H25NO4. The summed E-state index contributed by atoms with van der Waals surface area (Å²) in [6.45, 7) is 2.03. The zero-order valence-corrected chi connectivity index (χ0v) is 14.9. The van der Waals surface area contributed by atoms with Crippen LogP contribution in [0.5, 0.6) is 0 Å². The molecule has 0 spiro atoms. The summed E-state index contributed by atoms with van der Waals surface area (Å²) < 4.78 is 16.5. The first-order chi connectivity index (χ1) is 12.8. The number of hydrogen-bond acceptors (Lipinski definition) is 4. The van der Waals surface area contributed by atoms with Crippen LogP contribution in [0.4, 0.5) is 4.79 Å². The minimum atomic E-state index is -0.421. The molecule has 1 aliphatic rings. The molecule has 0 radical (unpaired) electrons. The van der Waals surface area contributed by atoms with Gasteiger partial charge in [-0.2, -0.15) is 0 Å². The number of amides is 1. The first-order valence-corrected chi connectivity index (χ1v) is 9.05. The molecule has 1 N–H and O–H groups in total. The molecule has 3 rings (SSSR count). The summed E-state index contributed by atoms with van der Waals surface area (Å²) >= 11 is 0. The first kappa shape index (κ1) is 18.4. The Hall–Kier alpha value is -2.37. The molecule has 1 fully saturated rings. The molecule has 1 saturated heterocycles. The minimum absolute atomic E-state index is 0.0792. The molecule has 1 aliphatic heterocycles. The van der Waals surface area contributed by atoms with E-state index >= 15 is 0 Å². The molecule has 2 aromatic rings. The Labute approximate surface area is 154 Å². The Bertz CT molecular complexity index is 666. The molecule has 2 aromatic carbocycles. The molecule has 5 nitrogen and oxygen atoms in total. The standard InChI is InChI=1S/C21H25NO4/c23-21(26-16-18-6-2-1-3-7-18)22-14-17-9-11-19(12-10-17)15-25-20-8-4-5-13-24-20/h1-3,6-7,9-12,20H,4-5,8,13-16H2,(H,22,23). The average molecular weight is 355 g/mol. The highest BCUT2D eigenvalue weighted by Gasteiger charge is 2.13. The maximum atomic E-state index is 11.8. The Balaban J connectivity index is 1.36. The van der Waals surface area contributed by atoms with Crippen LogP contribution in [-0.2, 0) is 34.0 Å². The van der Waals surface area contributed by atoms with Gasteiger partial charge in [0.1, 0.15) is 6.61 Å². The van der Waals surface area contributed by atoms with E-state index in [0.29, 0.717) is 13.2 Å². The fraction of sp³-hybridized carbons (Fsp3) is 0.381. The van der Waals surface area contributed by atoms with Crippen LogP contribution in [-0.4, -0.2) is 19.0 Å². The Morgan fingerprint density at radius 1 is 0.962 bits per heavy atom. The summed E-state index contributed by atoms with van der Waals surface area (Å²) in [5.74, 6) is 0.